The van der Waals surface area contributed by atoms with Crippen LogP contribution >= 0.6 is 11.6 Å². The number of benzene rings is 3. The third-order valence-corrected chi connectivity index (χ3v) is 7.45. The molecule has 1 unspecified atom stereocenters. The second kappa shape index (κ2) is 13.3. The Kier molecular flexibility index (Phi) is 10.2. The van der Waals surface area contributed by atoms with E-state index in [1.54, 1.807) is 55.5 Å². The van der Waals surface area contributed by atoms with Crippen LogP contribution in [-0.2, 0) is 32.6 Å². The van der Waals surface area contributed by atoms with Gasteiger partial charge in [0, 0.05) is 24.5 Å². The number of para-hydroxylation sites is 2. The van der Waals surface area contributed by atoms with Crippen molar-refractivity contribution in [2.24, 2.45) is 0 Å². The molecular formula is C28H32ClN3O5S. The average molecular weight is 558 g/mol. The smallest absolute Gasteiger partial charge is 0.244 e. The lowest BCUT2D eigenvalue weighted by Gasteiger charge is -2.33. The molecule has 0 aliphatic rings. The van der Waals surface area contributed by atoms with Crippen molar-refractivity contribution in [3.8, 4) is 5.75 Å². The number of anilines is 1. The number of nitrogens with zero attached hydrogens (tertiary/aromatic N) is 2. The monoisotopic (exact) mass is 557 g/mol. The molecule has 2 amide bonds. The van der Waals surface area contributed by atoms with E-state index in [-0.39, 0.29) is 24.6 Å². The minimum Gasteiger partial charge on any atom is -0.495 e. The van der Waals surface area contributed by atoms with Crippen molar-refractivity contribution in [3.63, 3.8) is 0 Å². The molecule has 0 heterocycles. The van der Waals surface area contributed by atoms with Gasteiger partial charge in [-0.3, -0.25) is 13.9 Å². The van der Waals surface area contributed by atoms with Crippen LogP contribution in [0.1, 0.15) is 18.1 Å². The molecule has 3 aromatic rings. The summed E-state index contributed by atoms with van der Waals surface area (Å²) in [5.74, 6) is -0.610. The van der Waals surface area contributed by atoms with E-state index < -0.39 is 28.5 Å². The first-order valence-corrected chi connectivity index (χ1v) is 14.3. The van der Waals surface area contributed by atoms with Crippen LogP contribution in [0.5, 0.6) is 5.75 Å². The van der Waals surface area contributed by atoms with Gasteiger partial charge in [0.25, 0.3) is 0 Å². The zero-order valence-corrected chi connectivity index (χ0v) is 23.2. The van der Waals surface area contributed by atoms with E-state index in [1.165, 1.54) is 12.0 Å². The summed E-state index contributed by atoms with van der Waals surface area (Å²) >= 11 is 6.43. The predicted octanol–water partition coefficient (Wildman–Crippen LogP) is 3.89. The van der Waals surface area contributed by atoms with Gasteiger partial charge in [-0.1, -0.05) is 72.3 Å². The Morgan fingerprint density at radius 2 is 1.61 bits per heavy atom. The van der Waals surface area contributed by atoms with Gasteiger partial charge >= 0.3 is 0 Å². The fourth-order valence-corrected chi connectivity index (χ4v) is 5.14. The Balaban J connectivity index is 2.07. The third kappa shape index (κ3) is 7.49. The van der Waals surface area contributed by atoms with Crippen molar-refractivity contribution in [1.82, 2.24) is 10.2 Å². The van der Waals surface area contributed by atoms with Gasteiger partial charge in [0.1, 0.15) is 18.3 Å². The number of halogens is 1. The molecule has 38 heavy (non-hydrogen) atoms. The summed E-state index contributed by atoms with van der Waals surface area (Å²) in [5.41, 5.74) is 1.71. The summed E-state index contributed by atoms with van der Waals surface area (Å²) in [6.07, 6.45) is 1.26. The van der Waals surface area contributed by atoms with Crippen molar-refractivity contribution in [2.75, 3.05) is 30.8 Å². The lowest BCUT2D eigenvalue weighted by molar-refractivity contribution is -0.140. The van der Waals surface area contributed by atoms with Gasteiger partial charge in [0.15, 0.2) is 0 Å². The Bertz CT molecular complexity index is 1350. The number of nitrogens with one attached hydrogen (secondary N) is 1. The van der Waals surface area contributed by atoms with Crippen molar-refractivity contribution >= 4 is 39.1 Å². The van der Waals surface area contributed by atoms with Gasteiger partial charge in [0.2, 0.25) is 21.8 Å². The molecule has 1 atom stereocenters. The lowest BCUT2D eigenvalue weighted by atomic mass is 10.0. The van der Waals surface area contributed by atoms with E-state index in [4.69, 9.17) is 16.3 Å². The Morgan fingerprint density at radius 1 is 0.974 bits per heavy atom. The summed E-state index contributed by atoms with van der Waals surface area (Å²) in [6, 6.07) is 22.0. The highest BCUT2D eigenvalue weighted by atomic mass is 35.5. The number of sulfonamides is 1. The molecule has 0 radical (unpaired) electrons. The van der Waals surface area contributed by atoms with E-state index >= 15 is 0 Å². The fourth-order valence-electron chi connectivity index (χ4n) is 4.09. The van der Waals surface area contributed by atoms with Crippen molar-refractivity contribution in [3.05, 3.63) is 95.0 Å². The van der Waals surface area contributed by atoms with E-state index in [0.29, 0.717) is 22.9 Å². The number of likely N-dealkylation sites (N-methyl/N-ethyl adjacent to an activating group) is 1. The van der Waals surface area contributed by atoms with Gasteiger partial charge in [-0.05, 0) is 36.2 Å². The first-order chi connectivity index (χ1) is 18.2. The van der Waals surface area contributed by atoms with E-state index in [1.807, 2.05) is 30.3 Å². The molecule has 0 saturated carbocycles. The summed E-state index contributed by atoms with van der Waals surface area (Å²) in [4.78, 5) is 28.7. The number of carbonyl (C=O) groups excluding carboxylic acids is 2. The number of rotatable bonds is 12. The van der Waals surface area contributed by atoms with Gasteiger partial charge in [0.05, 0.1) is 19.1 Å². The molecule has 1 N–H and O–H groups in total. The number of carbonyl (C=O) groups is 2. The van der Waals surface area contributed by atoms with E-state index in [0.717, 1.165) is 16.1 Å². The molecule has 10 heteroatoms. The number of hydrogen-bond acceptors (Lipinski definition) is 5. The maximum atomic E-state index is 14.0. The second-order valence-electron chi connectivity index (χ2n) is 8.65. The van der Waals surface area contributed by atoms with Crippen molar-refractivity contribution < 1.29 is 22.7 Å². The third-order valence-electron chi connectivity index (χ3n) is 5.95. The second-order valence-corrected chi connectivity index (χ2v) is 11.0. The minimum atomic E-state index is -3.90. The summed E-state index contributed by atoms with van der Waals surface area (Å²) in [5, 5.41) is 3.25. The number of ether oxygens (including phenoxy) is 1. The normalized spacial score (nSPS) is 11.9. The van der Waals surface area contributed by atoms with Gasteiger partial charge in [-0.25, -0.2) is 8.42 Å². The zero-order chi connectivity index (χ0) is 27.7. The maximum Gasteiger partial charge on any atom is 0.244 e. The highest BCUT2D eigenvalue weighted by Gasteiger charge is 2.33. The van der Waals surface area contributed by atoms with Crippen LogP contribution in [0.25, 0.3) is 0 Å². The van der Waals surface area contributed by atoms with E-state index in [2.05, 4.69) is 5.32 Å². The topological polar surface area (TPSA) is 96.0 Å². The molecule has 0 aromatic heterocycles. The lowest BCUT2D eigenvalue weighted by Crippen LogP contribution is -2.53. The van der Waals surface area contributed by atoms with Crippen molar-refractivity contribution in [1.29, 1.82) is 0 Å². The largest absolute Gasteiger partial charge is 0.495 e. The zero-order valence-electron chi connectivity index (χ0n) is 21.6. The van der Waals surface area contributed by atoms with Crippen LogP contribution in [-0.4, -0.2) is 57.6 Å². The maximum absolute atomic E-state index is 14.0. The minimum absolute atomic E-state index is 0.0106. The summed E-state index contributed by atoms with van der Waals surface area (Å²) < 4.78 is 32.1. The van der Waals surface area contributed by atoms with Crippen LogP contribution in [0.15, 0.2) is 78.9 Å². The standard InChI is InChI=1S/C28H32ClN3O5S/c1-4-30-28(34)25(18-21-12-6-5-7-13-21)31(19-22-14-8-9-15-23(22)29)27(33)20-32(38(3,35)36)24-16-10-11-17-26(24)37-2/h5-17,25H,4,18-20H2,1-3H3,(H,30,34). The fraction of sp³-hybridized carbons (Fsp3) is 0.286. The van der Waals surface area contributed by atoms with Crippen molar-refractivity contribution in [2.45, 2.75) is 25.9 Å². The number of hydrogen-bond donors (Lipinski definition) is 1. The van der Waals surface area contributed by atoms with Gasteiger partial charge in [-0.15, -0.1) is 0 Å². The summed E-state index contributed by atoms with van der Waals surface area (Å²) in [6.45, 7) is 1.64. The van der Waals surface area contributed by atoms with Gasteiger partial charge in [-0.2, -0.15) is 0 Å². The molecule has 0 fully saturated rings. The van der Waals surface area contributed by atoms with Crippen LogP contribution in [0, 0.1) is 0 Å². The van der Waals surface area contributed by atoms with Crippen LogP contribution < -0.4 is 14.4 Å². The molecule has 0 bridgehead atoms. The molecule has 3 aromatic carbocycles. The Morgan fingerprint density at radius 3 is 2.24 bits per heavy atom. The SMILES string of the molecule is CCNC(=O)C(Cc1ccccc1)N(Cc1ccccc1Cl)C(=O)CN(c1ccccc1OC)S(C)(=O)=O. The Labute approximate surface area is 229 Å². The molecule has 0 aliphatic carbocycles. The highest BCUT2D eigenvalue weighted by Crippen LogP contribution is 2.30. The molecule has 0 aliphatic heterocycles. The number of methoxy groups -OCH3 is 1. The predicted molar refractivity (Wildman–Crippen MR) is 150 cm³/mol. The van der Waals surface area contributed by atoms with Crippen LogP contribution in [0.4, 0.5) is 5.69 Å². The molecule has 8 nitrogen and oxygen atoms in total. The molecule has 0 saturated heterocycles. The van der Waals surface area contributed by atoms with Crippen LogP contribution in [0.2, 0.25) is 5.02 Å². The molecule has 3 rings (SSSR count). The Hall–Kier alpha value is -3.56. The van der Waals surface area contributed by atoms with Gasteiger partial charge < -0.3 is 15.0 Å². The molecule has 0 spiro atoms. The number of amides is 2. The van der Waals surface area contributed by atoms with Crippen LogP contribution in [0.3, 0.4) is 0 Å². The summed E-state index contributed by atoms with van der Waals surface area (Å²) in [7, 11) is -2.47. The molecular weight excluding hydrogens is 526 g/mol. The average Bonchev–Trinajstić information content (AvgIpc) is 2.90. The first kappa shape index (κ1) is 29.0. The first-order valence-electron chi connectivity index (χ1n) is 12.1. The quantitative estimate of drug-likeness (QED) is 0.364. The highest BCUT2D eigenvalue weighted by molar-refractivity contribution is 7.92. The van der Waals surface area contributed by atoms with E-state index in [9.17, 15) is 18.0 Å². The molecule has 202 valence electrons.